The Morgan fingerprint density at radius 3 is 2.65 bits per heavy atom. The number of halogens is 1. The van der Waals surface area contributed by atoms with Gasteiger partial charge < -0.3 is 0 Å². The maximum Gasteiger partial charge on any atom is 0.333 e. The van der Waals surface area contributed by atoms with Gasteiger partial charge in [0.25, 0.3) is 17.8 Å². The average molecular weight is 332 g/mol. The third kappa shape index (κ3) is 2.55. The van der Waals surface area contributed by atoms with Gasteiger partial charge >= 0.3 is 11.9 Å². The van der Waals surface area contributed by atoms with Gasteiger partial charge in [-0.15, -0.1) is 0 Å². The molecule has 1 atom stereocenters. The van der Waals surface area contributed by atoms with E-state index in [1.165, 1.54) is 11.9 Å². The zero-order valence-corrected chi connectivity index (χ0v) is 13.8. The number of imide groups is 1. The van der Waals surface area contributed by atoms with Crippen molar-refractivity contribution >= 4 is 41.3 Å². The van der Waals surface area contributed by atoms with Crippen LogP contribution in [0.2, 0.25) is 5.02 Å². The molecule has 1 aromatic carbocycles. The van der Waals surface area contributed by atoms with Crippen molar-refractivity contribution in [3.05, 3.63) is 40.9 Å². The molecule has 118 valence electrons. The number of urea groups is 1. The van der Waals surface area contributed by atoms with Gasteiger partial charge in [-0.2, -0.15) is 0 Å². The summed E-state index contributed by atoms with van der Waals surface area (Å²) in [5, 5.41) is 0.652. The molecule has 3 rings (SSSR count). The lowest BCUT2D eigenvalue weighted by Gasteiger charge is -2.29. The first-order valence-electron chi connectivity index (χ1n) is 7.07. The number of fused-ring (bicyclic) bond motifs is 1. The van der Waals surface area contributed by atoms with Crippen molar-refractivity contribution in [3.8, 4) is 0 Å². The smallest absolute Gasteiger partial charge is 0.269 e. The van der Waals surface area contributed by atoms with Crippen LogP contribution in [0.3, 0.4) is 0 Å². The minimum Gasteiger partial charge on any atom is -0.269 e. The first-order chi connectivity index (χ1) is 10.9. The van der Waals surface area contributed by atoms with Crippen molar-refractivity contribution in [2.45, 2.75) is 6.04 Å². The number of benzene rings is 1. The van der Waals surface area contributed by atoms with Gasteiger partial charge in [0.1, 0.15) is 0 Å². The fraction of sp³-hybridized carbons (Fsp3) is 0.250. The molecule has 0 aliphatic carbocycles. The van der Waals surface area contributed by atoms with Crippen molar-refractivity contribution in [2.75, 3.05) is 21.1 Å². The Labute approximate surface area is 139 Å². The van der Waals surface area contributed by atoms with Crippen LogP contribution in [0.25, 0.3) is 6.08 Å². The number of hydrogen-bond acceptors (Lipinski definition) is 3. The highest BCUT2D eigenvalue weighted by atomic mass is 35.5. The molecule has 0 aromatic heterocycles. The van der Waals surface area contributed by atoms with Gasteiger partial charge in [0, 0.05) is 25.2 Å². The summed E-state index contributed by atoms with van der Waals surface area (Å²) in [4.78, 5) is 31.3. The Bertz CT molecular complexity index is 797. The second kappa shape index (κ2) is 5.62. The summed E-state index contributed by atoms with van der Waals surface area (Å²) in [6.45, 7) is 0. The zero-order chi connectivity index (χ0) is 16.7. The lowest BCUT2D eigenvalue weighted by molar-refractivity contribution is -0.504. The van der Waals surface area contributed by atoms with Crippen LogP contribution in [0.15, 0.2) is 35.3 Å². The minimum absolute atomic E-state index is 0.277. The topological polar surface area (TPSA) is 56.0 Å². The summed E-state index contributed by atoms with van der Waals surface area (Å²) in [6.07, 6.45) is 3.68. The number of aliphatic imine (C=N–C) groups is 1. The van der Waals surface area contributed by atoms with Crippen LogP contribution in [0.1, 0.15) is 5.56 Å². The van der Waals surface area contributed by atoms with Gasteiger partial charge in [-0.05, 0) is 28.8 Å². The molecule has 23 heavy (non-hydrogen) atoms. The van der Waals surface area contributed by atoms with Gasteiger partial charge in [-0.3, -0.25) is 14.6 Å². The molecule has 0 spiro atoms. The van der Waals surface area contributed by atoms with E-state index in [0.29, 0.717) is 16.7 Å². The van der Waals surface area contributed by atoms with Crippen LogP contribution < -0.4 is 0 Å². The first kappa shape index (κ1) is 15.4. The second-order valence-electron chi connectivity index (χ2n) is 5.47. The molecule has 0 N–H and O–H groups in total. The van der Waals surface area contributed by atoms with Crippen molar-refractivity contribution in [1.29, 1.82) is 0 Å². The summed E-state index contributed by atoms with van der Waals surface area (Å²) >= 11 is 5.97. The third-order valence-corrected chi connectivity index (χ3v) is 4.21. The maximum atomic E-state index is 12.3. The van der Waals surface area contributed by atoms with E-state index in [1.807, 2.05) is 30.4 Å². The molecule has 7 heteroatoms. The largest absolute Gasteiger partial charge is 0.333 e. The van der Waals surface area contributed by atoms with Gasteiger partial charge in [0.15, 0.2) is 0 Å². The number of amidine groups is 2. The predicted octanol–water partition coefficient (Wildman–Crippen LogP) is 1.70. The monoisotopic (exact) mass is 331 g/mol. The lowest BCUT2D eigenvalue weighted by atomic mass is 10.2. The summed E-state index contributed by atoms with van der Waals surface area (Å²) < 4.78 is 1.76. The molecule has 0 radical (unpaired) electrons. The molecular formula is C16H16ClN4O2+. The Kier molecular flexibility index (Phi) is 3.77. The molecule has 2 aliphatic rings. The van der Waals surface area contributed by atoms with Crippen molar-refractivity contribution < 1.29 is 14.2 Å². The van der Waals surface area contributed by atoms with E-state index >= 15 is 0 Å². The van der Waals surface area contributed by atoms with Crippen LogP contribution in [0, 0.1) is 0 Å². The standard InChI is InChI=1S/C16H16ClN4O2/c1-19-12(8-7-10-5-4-6-11(17)9-10)18-14-13(19)15(22)21(3)16(23)20(14)2/h4-9,13H,1-3H3/q+1. The third-order valence-electron chi connectivity index (χ3n) is 3.98. The fourth-order valence-electron chi connectivity index (χ4n) is 2.63. The van der Waals surface area contributed by atoms with Crippen LogP contribution in [0.4, 0.5) is 4.79 Å². The molecule has 2 aliphatic heterocycles. The van der Waals surface area contributed by atoms with Gasteiger partial charge in [-0.1, -0.05) is 23.7 Å². The van der Waals surface area contributed by atoms with Gasteiger partial charge in [-0.25, -0.2) is 9.37 Å². The molecule has 6 nitrogen and oxygen atoms in total. The van der Waals surface area contributed by atoms with E-state index in [4.69, 9.17) is 11.6 Å². The van der Waals surface area contributed by atoms with Crippen molar-refractivity contribution in [1.82, 2.24) is 9.80 Å². The molecule has 1 unspecified atom stereocenters. The summed E-state index contributed by atoms with van der Waals surface area (Å²) in [7, 11) is 4.88. The highest BCUT2D eigenvalue weighted by molar-refractivity contribution is 6.30. The Balaban J connectivity index is 1.95. The maximum absolute atomic E-state index is 12.3. The number of carbonyl (C=O) groups is 2. The molecule has 0 bridgehead atoms. The Morgan fingerprint density at radius 2 is 1.96 bits per heavy atom. The SMILES string of the molecule is CN1C(=O)C2C(=NC(C=Cc3cccc(Cl)c3)=[N+]2C)N(C)C1=O. The summed E-state index contributed by atoms with van der Waals surface area (Å²) in [5.74, 6) is 0.792. The predicted molar refractivity (Wildman–Crippen MR) is 88.8 cm³/mol. The normalized spacial score (nSPS) is 21.4. The van der Waals surface area contributed by atoms with Gasteiger partial charge in [0.05, 0.1) is 7.05 Å². The van der Waals surface area contributed by atoms with E-state index < -0.39 is 6.04 Å². The lowest BCUT2D eigenvalue weighted by Crippen LogP contribution is -2.61. The van der Waals surface area contributed by atoms with Crippen LogP contribution in [0.5, 0.6) is 0 Å². The van der Waals surface area contributed by atoms with Crippen LogP contribution in [-0.2, 0) is 4.79 Å². The molecule has 1 saturated heterocycles. The molecule has 1 fully saturated rings. The van der Waals surface area contributed by atoms with Gasteiger partial charge in [0.2, 0.25) is 0 Å². The quantitative estimate of drug-likeness (QED) is 0.774. The number of hydrogen-bond donors (Lipinski definition) is 0. The summed E-state index contributed by atoms with van der Waals surface area (Å²) in [6, 6.07) is 6.48. The highest BCUT2D eigenvalue weighted by Crippen LogP contribution is 2.19. The molecule has 1 aromatic rings. The van der Waals surface area contributed by atoms with Crippen LogP contribution in [-0.4, -0.2) is 65.2 Å². The van der Waals surface area contributed by atoms with E-state index in [2.05, 4.69) is 4.99 Å². The van der Waals surface area contributed by atoms with E-state index in [0.717, 1.165) is 10.5 Å². The minimum atomic E-state index is -0.568. The Hall–Kier alpha value is -2.47. The van der Waals surface area contributed by atoms with E-state index in [9.17, 15) is 9.59 Å². The fourth-order valence-corrected chi connectivity index (χ4v) is 2.83. The van der Waals surface area contributed by atoms with E-state index in [1.54, 1.807) is 24.7 Å². The number of carbonyl (C=O) groups excluding carboxylic acids is 2. The number of nitrogens with zero attached hydrogens (tertiary/aromatic N) is 4. The van der Waals surface area contributed by atoms with E-state index in [-0.39, 0.29) is 11.9 Å². The summed E-state index contributed by atoms with van der Waals surface area (Å²) in [5.41, 5.74) is 0.932. The van der Waals surface area contributed by atoms with Crippen molar-refractivity contribution in [2.24, 2.45) is 4.99 Å². The number of amides is 3. The molecule has 2 heterocycles. The zero-order valence-electron chi connectivity index (χ0n) is 13.0. The number of rotatable bonds is 2. The average Bonchev–Trinajstić information content (AvgIpc) is 2.86. The second-order valence-corrected chi connectivity index (χ2v) is 5.91. The molecular weight excluding hydrogens is 316 g/mol. The Morgan fingerprint density at radius 1 is 1.22 bits per heavy atom. The highest BCUT2D eigenvalue weighted by Gasteiger charge is 2.51. The molecule has 0 saturated carbocycles. The van der Waals surface area contributed by atoms with Crippen LogP contribution >= 0.6 is 11.6 Å². The molecule has 3 amide bonds. The first-order valence-corrected chi connectivity index (χ1v) is 7.45. The van der Waals surface area contributed by atoms with Crippen molar-refractivity contribution in [3.63, 3.8) is 0 Å². The number of likely N-dealkylation sites (N-methyl/N-ethyl adjacent to an activating group) is 3.